The summed E-state index contributed by atoms with van der Waals surface area (Å²) in [5, 5.41) is 7.76. The van der Waals surface area contributed by atoms with E-state index in [2.05, 4.69) is 10.4 Å². The van der Waals surface area contributed by atoms with Crippen molar-refractivity contribution in [3.8, 4) is 22.9 Å². The summed E-state index contributed by atoms with van der Waals surface area (Å²) in [6.07, 6.45) is 0. The molecule has 0 aliphatic heterocycles. The molecule has 1 aromatic heterocycles. The van der Waals surface area contributed by atoms with E-state index >= 15 is 0 Å². The normalized spacial score (nSPS) is 10.7. The fourth-order valence-electron chi connectivity index (χ4n) is 3.28. The van der Waals surface area contributed by atoms with Crippen molar-refractivity contribution in [1.29, 1.82) is 0 Å². The number of nitrogens with zero attached hydrogens (tertiary/aromatic N) is 4. The first-order valence-electron chi connectivity index (χ1n) is 10.1. The highest BCUT2D eigenvalue weighted by Gasteiger charge is 2.13. The third-order valence-electron chi connectivity index (χ3n) is 5.06. The van der Waals surface area contributed by atoms with E-state index in [0.29, 0.717) is 23.8 Å². The molecule has 4 aromatic rings. The Labute approximate surface area is 185 Å². The van der Waals surface area contributed by atoms with Crippen molar-refractivity contribution >= 4 is 0 Å². The Bertz CT molecular complexity index is 1280. The van der Waals surface area contributed by atoms with Gasteiger partial charge in [-0.3, -0.25) is 0 Å². The Kier molecular flexibility index (Phi) is 6.21. The second kappa shape index (κ2) is 9.38. The monoisotopic (exact) mass is 432 g/mol. The van der Waals surface area contributed by atoms with Crippen molar-refractivity contribution in [2.24, 2.45) is 7.05 Å². The molecule has 4 rings (SSSR count). The van der Waals surface area contributed by atoms with Gasteiger partial charge in [0.1, 0.15) is 30.5 Å². The van der Waals surface area contributed by atoms with Crippen LogP contribution in [0, 0.1) is 6.92 Å². The minimum absolute atomic E-state index is 0.268. The summed E-state index contributed by atoms with van der Waals surface area (Å²) < 4.78 is 19.7. The van der Waals surface area contributed by atoms with E-state index in [9.17, 15) is 4.79 Å². The second-order valence-corrected chi connectivity index (χ2v) is 7.27. The minimum Gasteiger partial charge on any atom is -0.497 e. The van der Waals surface area contributed by atoms with Gasteiger partial charge in [-0.1, -0.05) is 30.3 Å². The summed E-state index contributed by atoms with van der Waals surface area (Å²) in [6.45, 7) is 2.65. The Hall–Kier alpha value is -4.07. The zero-order valence-electron chi connectivity index (χ0n) is 18.2. The number of hydrogen-bond acceptors (Lipinski definition) is 6. The van der Waals surface area contributed by atoms with Crippen molar-refractivity contribution in [2.75, 3.05) is 7.11 Å². The quantitative estimate of drug-likeness (QED) is 0.424. The summed E-state index contributed by atoms with van der Waals surface area (Å²) in [6, 6.07) is 20.9. The molecule has 0 radical (unpaired) electrons. The Balaban J connectivity index is 1.48. The molecule has 8 nitrogen and oxygen atoms in total. The van der Waals surface area contributed by atoms with Gasteiger partial charge in [0.25, 0.3) is 0 Å². The minimum atomic E-state index is -0.315. The topological polar surface area (TPSA) is 80.4 Å². The molecule has 0 saturated carbocycles. The van der Waals surface area contributed by atoms with Crippen LogP contribution in [-0.4, -0.2) is 26.9 Å². The molecule has 1 heterocycles. The lowest BCUT2D eigenvalue weighted by Gasteiger charge is -2.14. The lowest BCUT2D eigenvalue weighted by molar-refractivity contribution is 0.289. The molecule has 0 unspecified atom stereocenters. The molecule has 0 bridgehead atoms. The highest BCUT2D eigenvalue weighted by molar-refractivity contribution is 5.45. The van der Waals surface area contributed by atoms with Crippen LogP contribution in [0.25, 0.3) is 5.69 Å². The van der Waals surface area contributed by atoms with Gasteiger partial charge in [0.2, 0.25) is 0 Å². The number of aryl methyl sites for hydroxylation is 2. The summed E-state index contributed by atoms with van der Waals surface area (Å²) in [5.74, 6) is 2.15. The van der Waals surface area contributed by atoms with E-state index in [1.807, 2.05) is 73.7 Å². The first-order chi connectivity index (χ1) is 15.5. The van der Waals surface area contributed by atoms with Gasteiger partial charge in [-0.25, -0.2) is 4.79 Å². The summed E-state index contributed by atoms with van der Waals surface area (Å²) >= 11 is 0. The lowest BCUT2D eigenvalue weighted by Crippen LogP contribution is -2.23. The second-order valence-electron chi connectivity index (χ2n) is 7.27. The first kappa shape index (κ1) is 21.2. The van der Waals surface area contributed by atoms with Crippen LogP contribution >= 0.6 is 0 Å². The van der Waals surface area contributed by atoms with E-state index in [0.717, 1.165) is 22.4 Å². The number of benzene rings is 3. The average molecular weight is 432 g/mol. The highest BCUT2D eigenvalue weighted by atomic mass is 16.5. The van der Waals surface area contributed by atoms with Crippen molar-refractivity contribution in [1.82, 2.24) is 19.8 Å². The zero-order valence-corrected chi connectivity index (χ0v) is 18.2. The maximum absolute atomic E-state index is 12.3. The molecule has 32 heavy (non-hydrogen) atoms. The van der Waals surface area contributed by atoms with E-state index < -0.39 is 0 Å². The Morgan fingerprint density at radius 1 is 0.844 bits per heavy atom. The maximum Gasteiger partial charge on any atom is 0.368 e. The van der Waals surface area contributed by atoms with Gasteiger partial charge in [0.15, 0.2) is 0 Å². The molecular formula is C24H24N4O4. The van der Waals surface area contributed by atoms with E-state index in [1.54, 1.807) is 14.2 Å². The van der Waals surface area contributed by atoms with Crippen LogP contribution in [0.1, 0.15) is 16.7 Å². The standard InChI is InChI=1S/C24H24N4O4/c1-17-7-4-12-23(28-24(29)27(2)25-26-28)22(17)16-32-21-11-6-10-20(14-21)31-15-18-8-5-9-19(13-18)30-3/h4-14H,15-16H2,1-3H3. The smallest absolute Gasteiger partial charge is 0.368 e. The lowest BCUT2D eigenvalue weighted by atomic mass is 10.1. The number of hydrogen-bond donors (Lipinski definition) is 0. The SMILES string of the molecule is COc1cccc(COc2cccc(OCc3c(C)cccc3-n3nnn(C)c3=O)c2)c1. The molecule has 164 valence electrons. The molecule has 3 aromatic carbocycles. The number of methoxy groups -OCH3 is 1. The predicted molar refractivity (Wildman–Crippen MR) is 119 cm³/mol. The van der Waals surface area contributed by atoms with Gasteiger partial charge in [0, 0.05) is 18.7 Å². The van der Waals surface area contributed by atoms with Crippen LogP contribution in [0.4, 0.5) is 0 Å². The van der Waals surface area contributed by atoms with Crippen LogP contribution < -0.4 is 19.9 Å². The number of rotatable bonds is 8. The number of tetrazole rings is 1. The molecule has 0 N–H and O–H groups in total. The van der Waals surface area contributed by atoms with Gasteiger partial charge in [0.05, 0.1) is 12.8 Å². The van der Waals surface area contributed by atoms with Crippen LogP contribution in [-0.2, 0) is 20.3 Å². The summed E-state index contributed by atoms with van der Waals surface area (Å²) in [7, 11) is 3.20. The Morgan fingerprint density at radius 3 is 2.25 bits per heavy atom. The first-order valence-corrected chi connectivity index (χ1v) is 10.1. The fourth-order valence-corrected chi connectivity index (χ4v) is 3.28. The highest BCUT2D eigenvalue weighted by Crippen LogP contribution is 2.24. The number of aromatic nitrogens is 4. The molecule has 0 atom stereocenters. The maximum atomic E-state index is 12.3. The van der Waals surface area contributed by atoms with Crippen LogP contribution in [0.3, 0.4) is 0 Å². The van der Waals surface area contributed by atoms with Crippen LogP contribution in [0.15, 0.2) is 71.5 Å². The van der Waals surface area contributed by atoms with Crippen molar-refractivity contribution in [3.63, 3.8) is 0 Å². The van der Waals surface area contributed by atoms with Crippen molar-refractivity contribution in [2.45, 2.75) is 20.1 Å². The molecule has 0 spiro atoms. The van der Waals surface area contributed by atoms with Crippen molar-refractivity contribution < 1.29 is 14.2 Å². The predicted octanol–water partition coefficient (Wildman–Crippen LogP) is 3.44. The van der Waals surface area contributed by atoms with E-state index in [1.165, 1.54) is 9.36 Å². The fraction of sp³-hybridized carbons (Fsp3) is 0.208. The molecule has 0 fully saturated rings. The van der Waals surface area contributed by atoms with E-state index in [-0.39, 0.29) is 12.3 Å². The van der Waals surface area contributed by atoms with Gasteiger partial charge in [-0.2, -0.15) is 9.36 Å². The molecule has 0 amide bonds. The summed E-state index contributed by atoms with van der Waals surface area (Å²) in [4.78, 5) is 12.3. The van der Waals surface area contributed by atoms with E-state index in [4.69, 9.17) is 14.2 Å². The van der Waals surface area contributed by atoms with Gasteiger partial charge >= 0.3 is 5.69 Å². The number of ether oxygens (including phenoxy) is 3. The Morgan fingerprint density at radius 2 is 1.53 bits per heavy atom. The summed E-state index contributed by atoms with van der Waals surface area (Å²) in [5.41, 5.74) is 3.19. The third-order valence-corrected chi connectivity index (χ3v) is 5.06. The van der Waals surface area contributed by atoms with Gasteiger partial charge < -0.3 is 14.2 Å². The molecular weight excluding hydrogens is 408 g/mol. The molecule has 0 saturated heterocycles. The van der Waals surface area contributed by atoms with Crippen LogP contribution in [0.2, 0.25) is 0 Å². The molecule has 8 heteroatoms. The third kappa shape index (κ3) is 4.64. The molecule has 0 aliphatic rings. The average Bonchev–Trinajstić information content (AvgIpc) is 3.15. The van der Waals surface area contributed by atoms with Crippen LogP contribution in [0.5, 0.6) is 17.2 Å². The molecule has 0 aliphatic carbocycles. The van der Waals surface area contributed by atoms with Gasteiger partial charge in [-0.15, -0.1) is 0 Å². The largest absolute Gasteiger partial charge is 0.497 e. The zero-order chi connectivity index (χ0) is 22.5. The van der Waals surface area contributed by atoms with Gasteiger partial charge in [-0.05, 0) is 58.8 Å². The van der Waals surface area contributed by atoms with Crippen molar-refractivity contribution in [3.05, 3.63) is 93.9 Å².